The van der Waals surface area contributed by atoms with Crippen LogP contribution in [0.2, 0.25) is 0 Å². The summed E-state index contributed by atoms with van der Waals surface area (Å²) in [4.78, 5) is 14.3. The van der Waals surface area contributed by atoms with Gasteiger partial charge >= 0.3 is 6.09 Å². The predicted octanol–water partition coefficient (Wildman–Crippen LogP) is 2.92. The molecule has 0 aromatic rings. The van der Waals surface area contributed by atoms with Crippen molar-refractivity contribution in [1.82, 2.24) is 10.2 Å². The molecular weight excluding hydrogens is 264 g/mol. The predicted molar refractivity (Wildman–Crippen MR) is 84.0 cm³/mol. The molecule has 4 nitrogen and oxygen atoms in total. The van der Waals surface area contributed by atoms with Crippen molar-refractivity contribution in [3.8, 4) is 12.3 Å². The quantitative estimate of drug-likeness (QED) is 0.813. The fourth-order valence-corrected chi connectivity index (χ4v) is 3.56. The third-order valence-corrected chi connectivity index (χ3v) is 4.28. The number of fused-ring (bicyclic) bond motifs is 2. The number of piperidine rings is 1. The Kier molecular flexibility index (Phi) is 4.83. The van der Waals surface area contributed by atoms with Crippen LogP contribution in [0.3, 0.4) is 0 Å². The van der Waals surface area contributed by atoms with Gasteiger partial charge in [-0.3, -0.25) is 0 Å². The molecule has 3 atom stereocenters. The Morgan fingerprint density at radius 2 is 1.95 bits per heavy atom. The number of terminal acetylenes is 1. The van der Waals surface area contributed by atoms with E-state index in [0.29, 0.717) is 24.2 Å². The highest BCUT2D eigenvalue weighted by Crippen LogP contribution is 2.37. The first-order chi connectivity index (χ1) is 9.80. The van der Waals surface area contributed by atoms with Crippen LogP contribution in [-0.2, 0) is 4.74 Å². The summed E-state index contributed by atoms with van der Waals surface area (Å²) in [5.41, 5.74) is -0.424. The van der Waals surface area contributed by atoms with Crippen LogP contribution in [-0.4, -0.2) is 40.8 Å². The molecule has 2 aliphatic rings. The van der Waals surface area contributed by atoms with Gasteiger partial charge in [-0.25, -0.2) is 4.79 Å². The Morgan fingerprint density at radius 3 is 2.43 bits per heavy atom. The third-order valence-electron chi connectivity index (χ3n) is 4.28. The van der Waals surface area contributed by atoms with Crippen LogP contribution in [0.5, 0.6) is 0 Å². The first-order valence-corrected chi connectivity index (χ1v) is 8.01. The summed E-state index contributed by atoms with van der Waals surface area (Å²) in [5, 5.41) is 3.61. The summed E-state index contributed by atoms with van der Waals surface area (Å²) >= 11 is 0. The van der Waals surface area contributed by atoms with E-state index in [0.717, 1.165) is 32.1 Å². The Balaban J connectivity index is 1.93. The molecule has 4 heteroatoms. The molecule has 2 fully saturated rings. The molecule has 1 amide bonds. The third kappa shape index (κ3) is 4.14. The fourth-order valence-electron chi connectivity index (χ4n) is 3.56. The minimum Gasteiger partial charge on any atom is -0.444 e. The largest absolute Gasteiger partial charge is 0.444 e. The highest BCUT2D eigenvalue weighted by Gasteiger charge is 2.44. The van der Waals surface area contributed by atoms with Crippen molar-refractivity contribution in [1.29, 1.82) is 0 Å². The Hall–Kier alpha value is -1.21. The Labute approximate surface area is 128 Å². The fraction of sp³-hybridized carbons (Fsp3) is 0.824. The lowest BCUT2D eigenvalue weighted by molar-refractivity contribution is 0.00440. The molecule has 0 saturated carbocycles. The lowest BCUT2D eigenvalue weighted by Crippen LogP contribution is -2.53. The molecule has 2 saturated heterocycles. The number of ether oxygens (including phenoxy) is 1. The number of nitrogens with one attached hydrogen (secondary N) is 1. The lowest BCUT2D eigenvalue weighted by atomic mass is 9.96. The summed E-state index contributed by atoms with van der Waals surface area (Å²) in [7, 11) is 0. The van der Waals surface area contributed by atoms with E-state index in [2.05, 4.69) is 18.2 Å². The summed E-state index contributed by atoms with van der Waals surface area (Å²) < 4.78 is 5.55. The number of rotatable bonds is 3. The minimum absolute atomic E-state index is 0.148. The molecule has 3 unspecified atom stereocenters. The molecule has 0 aromatic carbocycles. The molecule has 0 aliphatic carbocycles. The molecule has 0 spiro atoms. The first-order valence-electron chi connectivity index (χ1n) is 8.01. The number of carbonyl (C=O) groups excluding carboxylic acids is 1. The number of amides is 1. The molecule has 0 aromatic heterocycles. The zero-order valence-electron chi connectivity index (χ0n) is 13.7. The van der Waals surface area contributed by atoms with Gasteiger partial charge in [0.25, 0.3) is 0 Å². The molecule has 2 rings (SSSR count). The van der Waals surface area contributed by atoms with E-state index in [1.807, 2.05) is 25.7 Å². The molecule has 21 heavy (non-hydrogen) atoms. The summed E-state index contributed by atoms with van der Waals surface area (Å²) in [6, 6.07) is 1.43. The maximum Gasteiger partial charge on any atom is 0.410 e. The van der Waals surface area contributed by atoms with Crippen molar-refractivity contribution in [3.05, 3.63) is 0 Å². The number of hydrogen-bond acceptors (Lipinski definition) is 3. The number of hydrogen-bond donors (Lipinski definition) is 1. The lowest BCUT2D eigenvalue weighted by Gasteiger charge is -2.40. The molecule has 118 valence electrons. The first kappa shape index (κ1) is 16.2. The van der Waals surface area contributed by atoms with Crippen LogP contribution in [0.15, 0.2) is 0 Å². The normalized spacial score (nSPS) is 29.9. The molecule has 1 N–H and O–H groups in total. The Morgan fingerprint density at radius 1 is 1.38 bits per heavy atom. The van der Waals surface area contributed by atoms with Crippen LogP contribution < -0.4 is 5.32 Å². The topological polar surface area (TPSA) is 41.6 Å². The van der Waals surface area contributed by atoms with Gasteiger partial charge in [-0.05, 0) is 53.4 Å². The van der Waals surface area contributed by atoms with E-state index in [1.165, 1.54) is 0 Å². The maximum absolute atomic E-state index is 12.4. The van der Waals surface area contributed by atoms with Gasteiger partial charge in [-0.1, -0.05) is 0 Å². The van der Waals surface area contributed by atoms with Crippen molar-refractivity contribution in [2.45, 2.75) is 89.6 Å². The second kappa shape index (κ2) is 6.27. The van der Waals surface area contributed by atoms with Crippen LogP contribution >= 0.6 is 0 Å². The second-order valence-electron chi connectivity index (χ2n) is 7.42. The Bertz CT molecular complexity index is 407. The zero-order chi connectivity index (χ0) is 15.6. The standard InChI is InChI=1S/C17H28N2O2/c1-6-7-12(2)18-13-10-14-8-9-15(11-13)19(14)16(20)21-17(3,4)5/h1,12-15,18H,7-11H2,2-5H3. The van der Waals surface area contributed by atoms with E-state index in [1.54, 1.807) is 0 Å². The van der Waals surface area contributed by atoms with Crippen molar-refractivity contribution in [3.63, 3.8) is 0 Å². The van der Waals surface area contributed by atoms with Crippen LogP contribution in [0.25, 0.3) is 0 Å². The average molecular weight is 292 g/mol. The van der Waals surface area contributed by atoms with Crippen LogP contribution in [0, 0.1) is 12.3 Å². The number of carbonyl (C=O) groups is 1. The van der Waals surface area contributed by atoms with Gasteiger partial charge in [0, 0.05) is 30.6 Å². The second-order valence-corrected chi connectivity index (χ2v) is 7.42. The summed E-state index contributed by atoms with van der Waals surface area (Å²) in [6.45, 7) is 7.88. The van der Waals surface area contributed by atoms with Gasteiger partial charge in [0.15, 0.2) is 0 Å². The number of nitrogens with zero attached hydrogens (tertiary/aromatic N) is 1. The van der Waals surface area contributed by atoms with E-state index >= 15 is 0 Å². The highest BCUT2D eigenvalue weighted by molar-refractivity contribution is 5.69. The molecular formula is C17H28N2O2. The van der Waals surface area contributed by atoms with E-state index < -0.39 is 5.60 Å². The summed E-state index contributed by atoms with van der Waals surface area (Å²) in [5.74, 6) is 2.70. The van der Waals surface area contributed by atoms with Crippen LogP contribution in [0.4, 0.5) is 4.79 Å². The monoisotopic (exact) mass is 292 g/mol. The van der Waals surface area contributed by atoms with E-state index in [4.69, 9.17) is 11.2 Å². The minimum atomic E-state index is -0.424. The smallest absolute Gasteiger partial charge is 0.410 e. The molecule has 2 aliphatic heterocycles. The van der Waals surface area contributed by atoms with Crippen molar-refractivity contribution in [2.75, 3.05) is 0 Å². The van der Waals surface area contributed by atoms with Crippen molar-refractivity contribution in [2.24, 2.45) is 0 Å². The summed E-state index contributed by atoms with van der Waals surface area (Å²) in [6.07, 6.45) is 10.2. The molecule has 0 radical (unpaired) electrons. The van der Waals surface area contributed by atoms with Gasteiger partial charge in [-0.2, -0.15) is 0 Å². The average Bonchev–Trinajstić information content (AvgIpc) is 2.60. The van der Waals surface area contributed by atoms with E-state index in [9.17, 15) is 4.79 Å². The van der Waals surface area contributed by atoms with Gasteiger partial charge < -0.3 is 15.0 Å². The van der Waals surface area contributed by atoms with Crippen molar-refractivity contribution >= 4 is 6.09 Å². The van der Waals surface area contributed by atoms with Gasteiger partial charge in [0.1, 0.15) is 5.60 Å². The zero-order valence-corrected chi connectivity index (χ0v) is 13.7. The molecule has 2 bridgehead atoms. The SMILES string of the molecule is C#CCC(C)NC1CC2CCC(C1)N2C(=O)OC(C)(C)C. The molecule has 2 heterocycles. The van der Waals surface area contributed by atoms with Gasteiger partial charge in [-0.15, -0.1) is 12.3 Å². The van der Waals surface area contributed by atoms with E-state index in [-0.39, 0.29) is 6.09 Å². The van der Waals surface area contributed by atoms with Crippen LogP contribution in [0.1, 0.15) is 59.8 Å². The highest BCUT2D eigenvalue weighted by atomic mass is 16.6. The maximum atomic E-state index is 12.4. The van der Waals surface area contributed by atoms with Crippen molar-refractivity contribution < 1.29 is 9.53 Å². The van der Waals surface area contributed by atoms with Gasteiger partial charge in [0.05, 0.1) is 0 Å². The van der Waals surface area contributed by atoms with Gasteiger partial charge in [0.2, 0.25) is 0 Å².